The molecule has 1 atom stereocenters. The van der Waals surface area contributed by atoms with E-state index >= 15 is 0 Å². The van der Waals surface area contributed by atoms with E-state index in [0.717, 1.165) is 12.0 Å². The largest absolute Gasteiger partial charge is 0.352 e. The van der Waals surface area contributed by atoms with Gasteiger partial charge in [0, 0.05) is 31.9 Å². The van der Waals surface area contributed by atoms with Gasteiger partial charge in [-0.3, -0.25) is 14.3 Å². The molecule has 3 rings (SSSR count). The molecule has 0 saturated carbocycles. The normalized spacial score (nSPS) is 15.4. The van der Waals surface area contributed by atoms with Gasteiger partial charge in [0.2, 0.25) is 11.8 Å². The lowest BCUT2D eigenvalue weighted by atomic mass is 10.0. The van der Waals surface area contributed by atoms with E-state index in [1.54, 1.807) is 29.4 Å². The van der Waals surface area contributed by atoms with Crippen molar-refractivity contribution in [3.05, 3.63) is 54.1 Å². The molecule has 1 fully saturated rings. The number of carbonyl (C=O) groups is 2. The summed E-state index contributed by atoms with van der Waals surface area (Å²) in [4.78, 5) is 26.0. The summed E-state index contributed by atoms with van der Waals surface area (Å²) in [5, 5.41) is 6.87. The third-order valence-corrected chi connectivity index (χ3v) is 4.31. The van der Waals surface area contributed by atoms with Crippen LogP contribution in [0.25, 0.3) is 0 Å². The van der Waals surface area contributed by atoms with Gasteiger partial charge in [-0.25, -0.2) is 4.39 Å². The van der Waals surface area contributed by atoms with Crippen LogP contribution in [0.15, 0.2) is 42.7 Å². The van der Waals surface area contributed by atoms with Gasteiger partial charge in [-0.15, -0.1) is 0 Å². The van der Waals surface area contributed by atoms with Crippen LogP contribution in [-0.4, -0.2) is 45.6 Å². The zero-order valence-electron chi connectivity index (χ0n) is 13.9. The summed E-state index contributed by atoms with van der Waals surface area (Å²) in [6.07, 6.45) is 5.18. The first kappa shape index (κ1) is 17.1. The number of halogens is 1. The summed E-state index contributed by atoms with van der Waals surface area (Å²) < 4.78 is 15.0. The van der Waals surface area contributed by atoms with Crippen molar-refractivity contribution in [2.24, 2.45) is 0 Å². The number of amides is 2. The minimum absolute atomic E-state index is 0.0859. The zero-order valence-corrected chi connectivity index (χ0v) is 13.9. The lowest BCUT2D eigenvalue weighted by Crippen LogP contribution is -2.46. The second kappa shape index (κ2) is 7.92. The molecule has 6 nitrogen and oxygen atoms in total. The Labute approximate surface area is 145 Å². The molecule has 132 valence electrons. The Balaban J connectivity index is 1.63. The molecule has 0 aliphatic carbocycles. The van der Waals surface area contributed by atoms with Crippen LogP contribution in [0, 0.1) is 5.82 Å². The highest BCUT2D eigenvalue weighted by atomic mass is 19.1. The van der Waals surface area contributed by atoms with Gasteiger partial charge in [0.25, 0.3) is 0 Å². The third-order valence-electron chi connectivity index (χ3n) is 4.31. The molecule has 0 spiro atoms. The lowest BCUT2D eigenvalue weighted by Gasteiger charge is -2.28. The van der Waals surface area contributed by atoms with Crippen LogP contribution in [0.5, 0.6) is 0 Å². The number of hydrogen-bond acceptors (Lipinski definition) is 3. The van der Waals surface area contributed by atoms with E-state index in [1.165, 1.54) is 16.8 Å². The summed E-state index contributed by atoms with van der Waals surface area (Å²) in [7, 11) is 0. The number of likely N-dealkylation sites (tertiary alicyclic amines) is 1. The quantitative estimate of drug-likeness (QED) is 0.825. The summed E-state index contributed by atoms with van der Waals surface area (Å²) in [5.74, 6) is -0.381. The maximum atomic E-state index is 13.4. The van der Waals surface area contributed by atoms with Gasteiger partial charge in [-0.2, -0.15) is 5.10 Å². The van der Waals surface area contributed by atoms with Crippen LogP contribution in [0.3, 0.4) is 0 Å². The van der Waals surface area contributed by atoms with Gasteiger partial charge in [0.05, 0.1) is 6.04 Å². The number of benzene rings is 1. The third kappa shape index (κ3) is 4.65. The average Bonchev–Trinajstić information content (AvgIpc) is 3.23. The van der Waals surface area contributed by atoms with Crippen molar-refractivity contribution in [3.8, 4) is 0 Å². The predicted octanol–water partition coefficient (Wildman–Crippen LogP) is 1.37. The maximum absolute atomic E-state index is 13.4. The number of carbonyl (C=O) groups excluding carboxylic acids is 2. The molecule has 2 amide bonds. The summed E-state index contributed by atoms with van der Waals surface area (Å²) in [6, 6.07) is 7.93. The maximum Gasteiger partial charge on any atom is 0.241 e. The molecule has 2 heterocycles. The van der Waals surface area contributed by atoms with Crippen molar-refractivity contribution in [2.75, 3.05) is 13.1 Å². The first-order valence-corrected chi connectivity index (χ1v) is 8.40. The number of nitrogens with zero attached hydrogens (tertiary/aromatic N) is 3. The molecule has 25 heavy (non-hydrogen) atoms. The Kier molecular flexibility index (Phi) is 5.42. The fraction of sp³-hybridized carbons (Fsp3) is 0.389. The highest BCUT2D eigenvalue weighted by Gasteiger charge is 2.28. The second-order valence-electron chi connectivity index (χ2n) is 6.19. The standard InChI is InChI=1S/C18H21FN4O2/c19-15-5-1-4-14(10-15)11-16(23-9-2-6-18(23)25)12-20-17(24)13-22-8-3-7-21-22/h1,3-5,7-8,10,16H,2,6,9,11-13H2,(H,20,24)/t16-/m0/s1. The topological polar surface area (TPSA) is 67.2 Å². The fourth-order valence-corrected chi connectivity index (χ4v) is 3.11. The molecule has 1 aliphatic heterocycles. The molecular formula is C18H21FN4O2. The lowest BCUT2D eigenvalue weighted by molar-refractivity contribution is -0.130. The Morgan fingerprint density at radius 2 is 2.24 bits per heavy atom. The first-order chi connectivity index (χ1) is 12.1. The van der Waals surface area contributed by atoms with Gasteiger partial charge >= 0.3 is 0 Å². The minimum atomic E-state index is -0.299. The first-order valence-electron chi connectivity index (χ1n) is 8.40. The average molecular weight is 344 g/mol. The van der Waals surface area contributed by atoms with Gasteiger partial charge in [-0.1, -0.05) is 12.1 Å². The highest BCUT2D eigenvalue weighted by Crippen LogP contribution is 2.17. The summed E-state index contributed by atoms with van der Waals surface area (Å²) >= 11 is 0. The molecule has 0 radical (unpaired) electrons. The van der Waals surface area contributed by atoms with Crippen LogP contribution >= 0.6 is 0 Å². The molecule has 1 saturated heterocycles. The van der Waals surface area contributed by atoms with Crippen LogP contribution in [0.1, 0.15) is 18.4 Å². The van der Waals surface area contributed by atoms with Crippen molar-refractivity contribution >= 4 is 11.8 Å². The van der Waals surface area contributed by atoms with Crippen LogP contribution in [0.2, 0.25) is 0 Å². The molecule has 1 aromatic heterocycles. The van der Waals surface area contributed by atoms with E-state index < -0.39 is 0 Å². The molecule has 1 N–H and O–H groups in total. The van der Waals surface area contributed by atoms with Crippen molar-refractivity contribution < 1.29 is 14.0 Å². The van der Waals surface area contributed by atoms with E-state index in [4.69, 9.17) is 0 Å². The van der Waals surface area contributed by atoms with Crippen molar-refractivity contribution in [1.29, 1.82) is 0 Å². The molecule has 0 bridgehead atoms. The Hall–Kier alpha value is -2.70. The molecule has 7 heteroatoms. The van der Waals surface area contributed by atoms with Gasteiger partial charge in [-0.05, 0) is 36.6 Å². The SMILES string of the molecule is O=C(Cn1cccn1)NC[C@H](Cc1cccc(F)c1)N1CCCC1=O. The van der Waals surface area contributed by atoms with Crippen molar-refractivity contribution in [2.45, 2.75) is 31.8 Å². The van der Waals surface area contributed by atoms with E-state index in [-0.39, 0.29) is 30.2 Å². The number of rotatable bonds is 7. The summed E-state index contributed by atoms with van der Waals surface area (Å²) in [6.45, 7) is 1.14. The highest BCUT2D eigenvalue weighted by molar-refractivity contribution is 5.79. The van der Waals surface area contributed by atoms with Crippen molar-refractivity contribution in [1.82, 2.24) is 20.0 Å². The number of nitrogens with one attached hydrogen (secondary N) is 1. The molecular weight excluding hydrogens is 323 g/mol. The number of hydrogen-bond donors (Lipinski definition) is 1. The fourth-order valence-electron chi connectivity index (χ4n) is 3.11. The van der Waals surface area contributed by atoms with Gasteiger partial charge in [0.1, 0.15) is 12.4 Å². The van der Waals surface area contributed by atoms with Crippen LogP contribution < -0.4 is 5.32 Å². The molecule has 1 aliphatic rings. The van der Waals surface area contributed by atoms with E-state index in [1.807, 2.05) is 6.07 Å². The monoisotopic (exact) mass is 344 g/mol. The predicted molar refractivity (Wildman–Crippen MR) is 90.1 cm³/mol. The smallest absolute Gasteiger partial charge is 0.241 e. The Bertz CT molecular complexity index is 732. The molecule has 1 aromatic carbocycles. The van der Waals surface area contributed by atoms with Gasteiger partial charge in [0.15, 0.2) is 0 Å². The van der Waals surface area contributed by atoms with E-state index in [9.17, 15) is 14.0 Å². The molecule has 0 unspecified atom stereocenters. The zero-order chi connectivity index (χ0) is 17.6. The van der Waals surface area contributed by atoms with Crippen LogP contribution in [-0.2, 0) is 22.6 Å². The second-order valence-corrected chi connectivity index (χ2v) is 6.19. The van der Waals surface area contributed by atoms with Gasteiger partial charge < -0.3 is 10.2 Å². The summed E-state index contributed by atoms with van der Waals surface area (Å²) in [5.41, 5.74) is 0.811. The Morgan fingerprint density at radius 3 is 2.92 bits per heavy atom. The van der Waals surface area contributed by atoms with E-state index in [0.29, 0.717) is 25.9 Å². The van der Waals surface area contributed by atoms with Crippen molar-refractivity contribution in [3.63, 3.8) is 0 Å². The minimum Gasteiger partial charge on any atom is -0.352 e. The number of aromatic nitrogens is 2. The van der Waals surface area contributed by atoms with E-state index in [2.05, 4.69) is 10.4 Å². The molecule has 2 aromatic rings. The van der Waals surface area contributed by atoms with Crippen LogP contribution in [0.4, 0.5) is 4.39 Å². The Morgan fingerprint density at radius 1 is 1.36 bits per heavy atom.